The first-order valence-electron chi connectivity index (χ1n) is 16.3. The van der Waals surface area contributed by atoms with Crippen molar-refractivity contribution in [3.63, 3.8) is 0 Å². The molecule has 8 atom stereocenters. The van der Waals surface area contributed by atoms with Gasteiger partial charge in [0.15, 0.2) is 0 Å². The number of anilines is 1. The molecule has 0 saturated carbocycles. The minimum atomic E-state index is -1.32. The molecule has 3 aliphatic rings. The summed E-state index contributed by atoms with van der Waals surface area (Å²) in [6.07, 6.45) is 3.53. The van der Waals surface area contributed by atoms with Crippen LogP contribution in [0.15, 0.2) is 73.8 Å². The van der Waals surface area contributed by atoms with Crippen molar-refractivity contribution in [2.75, 3.05) is 24.7 Å². The molecule has 2 aromatic carbocycles. The normalized spacial score (nSPS) is 26.8. The third-order valence-corrected chi connectivity index (χ3v) is 10.6. The first-order chi connectivity index (χ1) is 23.0. The SMILES string of the molecule is C=CCCC(=O)OC[C@H](NC(=O)[C@H]1[C@@H]2O[C@@]3(CC2Br)[C@@H]1C(=O)N([C@H](C)CO)[C@@H]3C(=O)N(CC=C)c1cc(C)ccc1C)c1ccccc1. The van der Waals surface area contributed by atoms with Crippen LogP contribution in [0, 0.1) is 25.7 Å². The Morgan fingerprint density at radius 1 is 1.19 bits per heavy atom. The number of carbonyl (C=O) groups is 4. The molecule has 2 N–H and O–H groups in total. The molecular weight excluding hydrogens is 678 g/mol. The quantitative estimate of drug-likeness (QED) is 0.169. The Hall–Kier alpha value is -3.80. The van der Waals surface area contributed by atoms with Crippen molar-refractivity contribution in [2.45, 2.75) is 74.7 Å². The van der Waals surface area contributed by atoms with E-state index in [2.05, 4.69) is 34.4 Å². The third kappa shape index (κ3) is 6.47. The van der Waals surface area contributed by atoms with Gasteiger partial charge >= 0.3 is 5.97 Å². The maximum absolute atomic E-state index is 14.8. The second kappa shape index (κ2) is 14.8. The van der Waals surface area contributed by atoms with E-state index in [0.29, 0.717) is 18.5 Å². The number of esters is 1. The van der Waals surface area contributed by atoms with Gasteiger partial charge in [-0.1, -0.05) is 70.5 Å². The lowest BCUT2D eigenvalue weighted by molar-refractivity contribution is -0.146. The molecule has 48 heavy (non-hydrogen) atoms. The molecule has 3 saturated heterocycles. The number of allylic oxidation sites excluding steroid dienone is 1. The van der Waals surface area contributed by atoms with E-state index in [0.717, 1.165) is 16.7 Å². The zero-order chi connectivity index (χ0) is 34.7. The zero-order valence-corrected chi connectivity index (χ0v) is 29.2. The Labute approximate surface area is 290 Å². The molecule has 256 valence electrons. The predicted molar refractivity (Wildman–Crippen MR) is 185 cm³/mol. The van der Waals surface area contributed by atoms with Crippen molar-refractivity contribution in [3.05, 3.63) is 90.5 Å². The maximum atomic E-state index is 14.8. The average Bonchev–Trinajstić information content (AvgIpc) is 3.68. The highest BCUT2D eigenvalue weighted by Crippen LogP contribution is 2.60. The fraction of sp³-hybridized carbons (Fsp3) is 0.459. The van der Waals surface area contributed by atoms with Crippen LogP contribution in [0.4, 0.5) is 5.69 Å². The smallest absolute Gasteiger partial charge is 0.306 e. The lowest BCUT2D eigenvalue weighted by atomic mass is 9.70. The number of nitrogens with zero attached hydrogens (tertiary/aromatic N) is 2. The summed E-state index contributed by atoms with van der Waals surface area (Å²) in [5.74, 6) is -3.56. The Kier molecular flexibility index (Phi) is 10.9. The number of ether oxygens (including phenoxy) is 2. The maximum Gasteiger partial charge on any atom is 0.306 e. The van der Waals surface area contributed by atoms with E-state index in [9.17, 15) is 24.3 Å². The minimum absolute atomic E-state index is 0.105. The molecule has 5 rings (SSSR count). The Balaban J connectivity index is 1.50. The van der Waals surface area contributed by atoms with E-state index in [4.69, 9.17) is 9.47 Å². The number of halogens is 1. The van der Waals surface area contributed by atoms with Crippen LogP contribution in [0.5, 0.6) is 0 Å². The molecule has 2 aromatic rings. The van der Waals surface area contributed by atoms with E-state index >= 15 is 0 Å². The van der Waals surface area contributed by atoms with Crippen molar-refractivity contribution in [3.8, 4) is 0 Å². The number of likely N-dealkylation sites (tertiary alicyclic amines) is 1. The molecule has 1 unspecified atom stereocenters. The number of fused-ring (bicyclic) bond motifs is 1. The van der Waals surface area contributed by atoms with Crippen molar-refractivity contribution >= 4 is 45.3 Å². The van der Waals surface area contributed by atoms with Gasteiger partial charge in [0, 0.05) is 23.5 Å². The summed E-state index contributed by atoms with van der Waals surface area (Å²) in [7, 11) is 0. The Morgan fingerprint density at radius 2 is 1.92 bits per heavy atom. The Morgan fingerprint density at radius 3 is 2.58 bits per heavy atom. The van der Waals surface area contributed by atoms with Gasteiger partial charge in [0.1, 0.15) is 18.2 Å². The van der Waals surface area contributed by atoms with Crippen molar-refractivity contribution in [1.82, 2.24) is 10.2 Å². The molecule has 3 heterocycles. The van der Waals surface area contributed by atoms with Gasteiger partial charge in [-0.2, -0.15) is 0 Å². The number of aliphatic hydroxyl groups excluding tert-OH is 1. The molecule has 1 spiro atoms. The number of alkyl halides is 1. The van der Waals surface area contributed by atoms with Gasteiger partial charge in [0.2, 0.25) is 11.8 Å². The third-order valence-electron chi connectivity index (χ3n) is 9.72. The largest absolute Gasteiger partial charge is 0.463 e. The van der Waals surface area contributed by atoms with Crippen LogP contribution in [0.3, 0.4) is 0 Å². The van der Waals surface area contributed by atoms with Crippen LogP contribution in [0.2, 0.25) is 0 Å². The Bertz CT molecular complexity index is 1570. The molecule has 2 bridgehead atoms. The van der Waals surface area contributed by atoms with Crippen LogP contribution in [0.1, 0.15) is 48.9 Å². The first kappa shape index (κ1) is 35.5. The highest BCUT2D eigenvalue weighted by atomic mass is 79.9. The molecule has 10 nitrogen and oxygen atoms in total. The molecule has 3 fully saturated rings. The predicted octanol–water partition coefficient (Wildman–Crippen LogP) is 4.32. The number of aliphatic hydroxyl groups is 1. The zero-order valence-electron chi connectivity index (χ0n) is 27.6. The summed E-state index contributed by atoms with van der Waals surface area (Å²) < 4.78 is 12.2. The van der Waals surface area contributed by atoms with E-state index in [-0.39, 0.29) is 36.9 Å². The molecule has 0 aliphatic carbocycles. The van der Waals surface area contributed by atoms with Crippen LogP contribution >= 0.6 is 15.9 Å². The summed E-state index contributed by atoms with van der Waals surface area (Å²) in [5.41, 5.74) is 1.93. The number of benzene rings is 2. The highest BCUT2D eigenvalue weighted by molar-refractivity contribution is 9.09. The monoisotopic (exact) mass is 721 g/mol. The molecule has 3 amide bonds. The van der Waals surface area contributed by atoms with Crippen molar-refractivity contribution < 1.29 is 33.8 Å². The fourth-order valence-electron chi connectivity index (χ4n) is 7.45. The van der Waals surface area contributed by atoms with Gasteiger partial charge < -0.3 is 29.7 Å². The number of amides is 3. The van der Waals surface area contributed by atoms with Gasteiger partial charge in [-0.3, -0.25) is 19.2 Å². The lowest BCUT2D eigenvalue weighted by Crippen LogP contribution is -2.59. The van der Waals surface area contributed by atoms with E-state index < -0.39 is 59.5 Å². The van der Waals surface area contributed by atoms with Gasteiger partial charge in [0.05, 0.1) is 36.6 Å². The van der Waals surface area contributed by atoms with Crippen molar-refractivity contribution in [2.24, 2.45) is 11.8 Å². The molecule has 0 aromatic heterocycles. The molecule has 3 aliphatic heterocycles. The number of nitrogens with one attached hydrogen (secondary N) is 1. The summed E-state index contributed by atoms with van der Waals surface area (Å²) in [4.78, 5) is 58.7. The fourth-order valence-corrected chi connectivity index (χ4v) is 8.39. The topological polar surface area (TPSA) is 125 Å². The van der Waals surface area contributed by atoms with Crippen LogP contribution in [-0.4, -0.2) is 82.1 Å². The summed E-state index contributed by atoms with van der Waals surface area (Å²) in [6.45, 7) is 12.8. The lowest BCUT2D eigenvalue weighted by Gasteiger charge is -2.39. The van der Waals surface area contributed by atoms with Gasteiger partial charge in [-0.25, -0.2) is 0 Å². The van der Waals surface area contributed by atoms with Crippen molar-refractivity contribution in [1.29, 1.82) is 0 Å². The standard InChI is InChI=1S/C37H44BrN3O7/c1-6-8-14-29(43)47-21-27(25-12-10-9-11-13-25)39-34(44)30-31-35(45)41(24(5)20-42)33(37(31)19-26(38)32(30)48-37)36(46)40(17-7-2)28-18-22(3)15-16-23(28)4/h6-7,9-13,15-16,18,24,26-27,30-33,42H,1-2,8,14,17,19-21H2,3-5H3,(H,39,44)/t24-,26?,27+,30-,31+,32-,33-,37+/m1/s1. The second-order valence-corrected chi connectivity index (χ2v) is 14.1. The van der Waals surface area contributed by atoms with Crippen LogP contribution < -0.4 is 10.2 Å². The summed E-state index contributed by atoms with van der Waals surface area (Å²) in [5, 5.41) is 13.3. The number of aryl methyl sites for hydroxylation is 2. The number of rotatable bonds is 14. The van der Waals surface area contributed by atoms with Crippen LogP contribution in [-0.2, 0) is 28.7 Å². The van der Waals surface area contributed by atoms with Gasteiger partial charge in [-0.15, -0.1) is 13.2 Å². The van der Waals surface area contributed by atoms with Crippen LogP contribution in [0.25, 0.3) is 0 Å². The van der Waals surface area contributed by atoms with E-state index in [1.807, 2.05) is 62.4 Å². The summed E-state index contributed by atoms with van der Waals surface area (Å²) >= 11 is 3.72. The molecule has 0 radical (unpaired) electrons. The highest BCUT2D eigenvalue weighted by Gasteiger charge is 2.77. The molecular formula is C37H44BrN3O7. The van der Waals surface area contributed by atoms with E-state index in [1.54, 1.807) is 24.0 Å². The van der Waals surface area contributed by atoms with E-state index in [1.165, 1.54) is 4.90 Å². The summed E-state index contributed by atoms with van der Waals surface area (Å²) in [6, 6.07) is 12.5. The number of carbonyl (C=O) groups excluding carboxylic acids is 4. The molecule has 11 heteroatoms. The first-order valence-corrected chi connectivity index (χ1v) is 17.3. The van der Waals surface area contributed by atoms with Gasteiger partial charge in [-0.05, 0) is 56.4 Å². The van der Waals surface area contributed by atoms with Gasteiger partial charge in [0.25, 0.3) is 5.91 Å². The number of hydrogen-bond donors (Lipinski definition) is 2. The number of hydrogen-bond acceptors (Lipinski definition) is 7. The second-order valence-electron chi connectivity index (χ2n) is 13.0. The minimum Gasteiger partial charge on any atom is -0.463 e. The average molecular weight is 723 g/mol.